The summed E-state index contributed by atoms with van der Waals surface area (Å²) in [5.41, 5.74) is 1.15. The van der Waals surface area contributed by atoms with Crippen LogP contribution in [0.15, 0.2) is 60.7 Å². The third kappa shape index (κ3) is 7.66. The van der Waals surface area contributed by atoms with Crippen molar-refractivity contribution in [3.05, 3.63) is 71.8 Å². The van der Waals surface area contributed by atoms with Crippen molar-refractivity contribution in [1.82, 2.24) is 0 Å². The molecule has 0 aromatic heterocycles. The van der Waals surface area contributed by atoms with E-state index in [1.807, 2.05) is 74.5 Å². The molecular weight excluding hydrogens is 376 g/mol. The zero-order chi connectivity index (χ0) is 22.7. The molecule has 4 heteroatoms. The van der Waals surface area contributed by atoms with Gasteiger partial charge < -0.3 is 9.84 Å². The van der Waals surface area contributed by atoms with Gasteiger partial charge in [0.1, 0.15) is 0 Å². The molecule has 1 N–H and O–H groups in total. The van der Waals surface area contributed by atoms with E-state index in [0.717, 1.165) is 17.5 Å². The van der Waals surface area contributed by atoms with Crippen LogP contribution in [-0.4, -0.2) is 24.2 Å². The Balaban J connectivity index is 0.000000300. The SMILES string of the molecule is CC(C)CC(C)(C(=O)O)c1ccccc1.COC(=O)C(CC(C)C)c1ccccc1. The minimum absolute atomic E-state index is 0.129. The second kappa shape index (κ2) is 12.2. The van der Waals surface area contributed by atoms with Gasteiger partial charge >= 0.3 is 11.9 Å². The van der Waals surface area contributed by atoms with Gasteiger partial charge in [-0.1, -0.05) is 88.4 Å². The molecule has 0 heterocycles. The largest absolute Gasteiger partial charge is 0.481 e. The first kappa shape index (κ1) is 25.4. The second-order valence-corrected chi connectivity index (χ2v) is 8.72. The summed E-state index contributed by atoms with van der Waals surface area (Å²) < 4.78 is 4.83. The Hall–Kier alpha value is -2.62. The molecule has 0 aliphatic rings. The van der Waals surface area contributed by atoms with Gasteiger partial charge in [0.15, 0.2) is 0 Å². The molecule has 0 radical (unpaired) electrons. The molecule has 0 spiro atoms. The van der Waals surface area contributed by atoms with Crippen LogP contribution in [0.1, 0.15) is 64.5 Å². The molecule has 0 saturated carbocycles. The Bertz CT molecular complexity index is 766. The molecule has 2 rings (SSSR count). The van der Waals surface area contributed by atoms with Crippen LogP contribution in [0, 0.1) is 11.8 Å². The molecule has 0 saturated heterocycles. The summed E-state index contributed by atoms with van der Waals surface area (Å²) in [6.07, 6.45) is 1.49. The maximum absolute atomic E-state index is 11.6. The summed E-state index contributed by atoms with van der Waals surface area (Å²) in [7, 11) is 1.44. The highest BCUT2D eigenvalue weighted by Gasteiger charge is 2.35. The van der Waals surface area contributed by atoms with Crippen molar-refractivity contribution in [2.45, 2.75) is 58.8 Å². The summed E-state index contributed by atoms with van der Waals surface area (Å²) in [5.74, 6) is -0.172. The van der Waals surface area contributed by atoms with Crippen LogP contribution in [0.25, 0.3) is 0 Å². The first-order valence-corrected chi connectivity index (χ1v) is 10.5. The van der Waals surface area contributed by atoms with E-state index in [0.29, 0.717) is 18.3 Å². The minimum atomic E-state index is -0.768. The Morgan fingerprint density at radius 2 is 1.40 bits per heavy atom. The molecule has 2 aromatic rings. The van der Waals surface area contributed by atoms with Gasteiger partial charge in [0, 0.05) is 0 Å². The summed E-state index contributed by atoms with van der Waals surface area (Å²) in [4.78, 5) is 23.0. The average Bonchev–Trinajstić information content (AvgIpc) is 2.72. The smallest absolute Gasteiger partial charge is 0.313 e. The number of carbonyl (C=O) groups excluding carboxylic acids is 1. The molecule has 164 valence electrons. The molecule has 2 aromatic carbocycles. The van der Waals surface area contributed by atoms with Crippen molar-refractivity contribution in [3.63, 3.8) is 0 Å². The number of carboxylic acid groups (broad SMARTS) is 1. The predicted octanol–water partition coefficient (Wildman–Crippen LogP) is 6.06. The number of esters is 1. The third-order valence-corrected chi connectivity index (χ3v) is 5.09. The highest BCUT2D eigenvalue weighted by atomic mass is 16.5. The summed E-state index contributed by atoms with van der Waals surface area (Å²) in [6, 6.07) is 19.3. The van der Waals surface area contributed by atoms with Gasteiger partial charge in [0.25, 0.3) is 0 Å². The summed E-state index contributed by atoms with van der Waals surface area (Å²) in [5, 5.41) is 9.33. The maximum atomic E-state index is 11.6. The van der Waals surface area contributed by atoms with Crippen molar-refractivity contribution < 1.29 is 19.4 Å². The van der Waals surface area contributed by atoms with Crippen molar-refractivity contribution in [2.75, 3.05) is 7.11 Å². The van der Waals surface area contributed by atoms with Crippen molar-refractivity contribution >= 4 is 11.9 Å². The molecule has 0 aliphatic carbocycles. The van der Waals surface area contributed by atoms with E-state index in [1.54, 1.807) is 6.92 Å². The molecule has 0 bridgehead atoms. The lowest BCUT2D eigenvalue weighted by molar-refractivity contribution is -0.144. The van der Waals surface area contributed by atoms with Gasteiger partial charge in [-0.3, -0.25) is 9.59 Å². The van der Waals surface area contributed by atoms with Gasteiger partial charge in [-0.2, -0.15) is 0 Å². The maximum Gasteiger partial charge on any atom is 0.313 e. The molecular formula is C26H36O4. The highest BCUT2D eigenvalue weighted by molar-refractivity contribution is 5.80. The Morgan fingerprint density at radius 1 is 0.900 bits per heavy atom. The molecule has 0 aliphatic heterocycles. The monoisotopic (exact) mass is 412 g/mol. The molecule has 2 atom stereocenters. The van der Waals surface area contributed by atoms with Gasteiger partial charge in [-0.05, 0) is 42.7 Å². The number of rotatable bonds is 8. The Morgan fingerprint density at radius 3 is 1.80 bits per heavy atom. The molecule has 0 amide bonds. The lowest BCUT2D eigenvalue weighted by atomic mass is 9.76. The number of methoxy groups -OCH3 is 1. The van der Waals surface area contributed by atoms with E-state index in [9.17, 15) is 14.7 Å². The van der Waals surface area contributed by atoms with E-state index >= 15 is 0 Å². The van der Waals surface area contributed by atoms with Gasteiger partial charge in [-0.15, -0.1) is 0 Å². The van der Waals surface area contributed by atoms with Crippen LogP contribution in [0.4, 0.5) is 0 Å². The topological polar surface area (TPSA) is 63.6 Å². The normalized spacial score (nSPS) is 13.7. The first-order chi connectivity index (χ1) is 14.1. The lowest BCUT2D eigenvalue weighted by Gasteiger charge is -2.27. The predicted molar refractivity (Wildman–Crippen MR) is 122 cm³/mol. The fourth-order valence-electron chi connectivity index (χ4n) is 3.62. The van der Waals surface area contributed by atoms with E-state index in [1.165, 1.54) is 7.11 Å². The summed E-state index contributed by atoms with van der Waals surface area (Å²) >= 11 is 0. The van der Waals surface area contributed by atoms with Gasteiger partial charge in [0.05, 0.1) is 18.4 Å². The van der Waals surface area contributed by atoms with Crippen LogP contribution >= 0.6 is 0 Å². The van der Waals surface area contributed by atoms with Crippen LogP contribution in [0.5, 0.6) is 0 Å². The molecule has 30 heavy (non-hydrogen) atoms. The zero-order valence-corrected chi connectivity index (χ0v) is 19.1. The van der Waals surface area contributed by atoms with E-state index in [4.69, 9.17) is 4.74 Å². The fraction of sp³-hybridized carbons (Fsp3) is 0.462. The van der Waals surface area contributed by atoms with Crippen LogP contribution in [0.2, 0.25) is 0 Å². The number of carboxylic acids is 1. The van der Waals surface area contributed by atoms with E-state index in [2.05, 4.69) is 13.8 Å². The fourth-order valence-corrected chi connectivity index (χ4v) is 3.62. The minimum Gasteiger partial charge on any atom is -0.481 e. The quantitative estimate of drug-likeness (QED) is 0.535. The van der Waals surface area contributed by atoms with Crippen LogP contribution in [0.3, 0.4) is 0 Å². The van der Waals surface area contributed by atoms with Gasteiger partial charge in [0.2, 0.25) is 0 Å². The standard InChI is InChI=1S/2C13H18O2/c1-10(2)9-13(3,12(14)15)11-7-5-4-6-8-11;1-10(2)9-12(13(14)15-3)11-7-5-4-6-8-11/h4-8,10H,9H2,1-3H3,(H,14,15);4-8,10,12H,9H2,1-3H3. The average molecular weight is 413 g/mol. The highest BCUT2D eigenvalue weighted by Crippen LogP contribution is 2.31. The number of ether oxygens (including phenoxy) is 1. The molecule has 4 nitrogen and oxygen atoms in total. The van der Waals surface area contributed by atoms with Crippen molar-refractivity contribution in [1.29, 1.82) is 0 Å². The molecule has 2 unspecified atom stereocenters. The van der Waals surface area contributed by atoms with Gasteiger partial charge in [-0.25, -0.2) is 0 Å². The summed E-state index contributed by atoms with van der Waals surface area (Å²) in [6.45, 7) is 10.1. The Labute approximate surface area is 181 Å². The Kier molecular flexibility index (Phi) is 10.3. The van der Waals surface area contributed by atoms with Crippen molar-refractivity contribution in [3.8, 4) is 0 Å². The first-order valence-electron chi connectivity index (χ1n) is 10.5. The molecule has 0 fully saturated rings. The van der Waals surface area contributed by atoms with Crippen molar-refractivity contribution in [2.24, 2.45) is 11.8 Å². The lowest BCUT2D eigenvalue weighted by Crippen LogP contribution is -2.33. The number of hydrogen-bond donors (Lipinski definition) is 1. The van der Waals surface area contributed by atoms with Crippen LogP contribution < -0.4 is 0 Å². The second-order valence-electron chi connectivity index (χ2n) is 8.72. The van der Waals surface area contributed by atoms with Crippen LogP contribution in [-0.2, 0) is 19.7 Å². The van der Waals surface area contributed by atoms with E-state index in [-0.39, 0.29) is 11.9 Å². The number of carbonyl (C=O) groups is 2. The zero-order valence-electron chi connectivity index (χ0n) is 19.1. The number of benzene rings is 2. The number of aliphatic carboxylic acids is 1. The third-order valence-electron chi connectivity index (χ3n) is 5.09. The van der Waals surface area contributed by atoms with E-state index < -0.39 is 11.4 Å². The number of hydrogen-bond acceptors (Lipinski definition) is 3.